The molecule has 3 rings (SSSR count). The zero-order valence-electron chi connectivity index (χ0n) is 16.4. The molecule has 146 valence electrons. The minimum Gasteiger partial charge on any atom is -0.354 e. The van der Waals surface area contributed by atoms with Crippen molar-refractivity contribution in [2.24, 2.45) is 5.73 Å². The first kappa shape index (κ1) is 20.2. The normalized spacial score (nSPS) is 18.9. The summed E-state index contributed by atoms with van der Waals surface area (Å²) in [7, 11) is 0. The second-order valence-electron chi connectivity index (χ2n) is 7.28. The smallest absolute Gasteiger partial charge is 0.223 e. The van der Waals surface area contributed by atoms with Crippen LogP contribution in [-0.4, -0.2) is 28.8 Å². The van der Waals surface area contributed by atoms with Gasteiger partial charge in [-0.1, -0.05) is 56.5 Å². The summed E-state index contributed by atoms with van der Waals surface area (Å²) in [5, 5.41) is 4.49. The van der Waals surface area contributed by atoms with Gasteiger partial charge in [-0.15, -0.1) is 11.8 Å². The summed E-state index contributed by atoms with van der Waals surface area (Å²) in [6.45, 7) is 3.85. The molecule has 2 unspecified atom stereocenters. The Bertz CT molecular complexity index is 692. The fourth-order valence-corrected chi connectivity index (χ4v) is 4.34. The summed E-state index contributed by atoms with van der Waals surface area (Å²) >= 11 is 1.73. The zero-order valence-corrected chi connectivity index (χ0v) is 17.2. The summed E-state index contributed by atoms with van der Waals surface area (Å²) in [6.07, 6.45) is 7.42. The van der Waals surface area contributed by atoms with Crippen molar-refractivity contribution in [1.29, 1.82) is 0 Å². The molecule has 5 heteroatoms. The molecule has 3 N–H and O–H groups in total. The first-order valence-corrected chi connectivity index (χ1v) is 11.3. The number of hydrogen-bond acceptors (Lipinski definition) is 5. The molecule has 2 atom stereocenters. The minimum atomic E-state index is 0.494. The van der Waals surface area contributed by atoms with Gasteiger partial charge in [-0.2, -0.15) is 0 Å². The molecule has 27 heavy (non-hydrogen) atoms. The summed E-state index contributed by atoms with van der Waals surface area (Å²) in [5.41, 5.74) is 8.30. The molecule has 0 saturated heterocycles. The highest BCUT2D eigenvalue weighted by molar-refractivity contribution is 7.99. The summed E-state index contributed by atoms with van der Waals surface area (Å²) in [4.78, 5) is 9.60. The second kappa shape index (κ2) is 10.7. The maximum Gasteiger partial charge on any atom is 0.223 e. The molecule has 1 fully saturated rings. The number of rotatable bonds is 11. The monoisotopic (exact) mass is 384 g/mol. The lowest BCUT2D eigenvalue weighted by molar-refractivity contribution is 0.339. The van der Waals surface area contributed by atoms with Gasteiger partial charge in [0.15, 0.2) is 0 Å². The van der Waals surface area contributed by atoms with E-state index in [0.717, 1.165) is 23.3 Å². The number of hydrogen-bond donors (Lipinski definition) is 2. The van der Waals surface area contributed by atoms with Gasteiger partial charge < -0.3 is 11.1 Å². The van der Waals surface area contributed by atoms with Gasteiger partial charge in [-0.3, -0.25) is 0 Å². The van der Waals surface area contributed by atoms with E-state index in [2.05, 4.69) is 48.6 Å². The molecule has 1 aliphatic rings. The highest BCUT2D eigenvalue weighted by atomic mass is 32.2. The number of nitrogens with zero attached hydrogens (tertiary/aromatic N) is 2. The quantitative estimate of drug-likeness (QED) is 0.317. The van der Waals surface area contributed by atoms with Crippen LogP contribution >= 0.6 is 11.8 Å². The van der Waals surface area contributed by atoms with E-state index in [-0.39, 0.29) is 0 Å². The van der Waals surface area contributed by atoms with Crippen LogP contribution in [0.4, 0.5) is 5.95 Å². The van der Waals surface area contributed by atoms with Crippen LogP contribution in [0.5, 0.6) is 0 Å². The van der Waals surface area contributed by atoms with Crippen molar-refractivity contribution in [2.75, 3.05) is 24.2 Å². The lowest BCUT2D eigenvalue weighted by Crippen LogP contribution is -2.23. The first-order chi connectivity index (χ1) is 13.3. The van der Waals surface area contributed by atoms with Crippen LogP contribution in [0.3, 0.4) is 0 Å². The Labute approximate surface area is 167 Å². The van der Waals surface area contributed by atoms with E-state index in [4.69, 9.17) is 15.7 Å². The maximum absolute atomic E-state index is 5.69. The highest BCUT2D eigenvalue weighted by Crippen LogP contribution is 2.48. The zero-order chi connectivity index (χ0) is 18.9. The van der Waals surface area contributed by atoms with E-state index in [0.29, 0.717) is 18.4 Å². The molecule has 2 aromatic rings. The topological polar surface area (TPSA) is 63.8 Å². The SMILES string of the molecule is CCCCCCNc1nc(SCCN)cc(C2CCC2c2ccccc2)n1. The van der Waals surface area contributed by atoms with Gasteiger partial charge in [0.1, 0.15) is 5.03 Å². The standard InChI is InChI=1S/C22H32N4S/c1-2-3-4-8-14-24-22-25-20(16-21(26-22)27-15-13-23)19-12-11-18(19)17-9-6-5-7-10-17/h5-7,9-10,16,18-19H,2-4,8,11-15,23H2,1H3,(H,24,25,26). The molecule has 1 aromatic carbocycles. The predicted octanol–water partition coefficient (Wildman–Crippen LogP) is 5.18. The lowest BCUT2D eigenvalue weighted by atomic mass is 9.68. The van der Waals surface area contributed by atoms with Crippen molar-refractivity contribution < 1.29 is 0 Å². The molecule has 1 aliphatic carbocycles. The van der Waals surface area contributed by atoms with Crippen LogP contribution in [0.25, 0.3) is 0 Å². The van der Waals surface area contributed by atoms with Gasteiger partial charge in [0, 0.05) is 24.8 Å². The third-order valence-electron chi connectivity index (χ3n) is 5.29. The third kappa shape index (κ3) is 5.69. The van der Waals surface area contributed by atoms with Crippen LogP contribution in [0, 0.1) is 0 Å². The van der Waals surface area contributed by atoms with E-state index < -0.39 is 0 Å². The van der Waals surface area contributed by atoms with Crippen molar-refractivity contribution in [3.05, 3.63) is 47.7 Å². The van der Waals surface area contributed by atoms with E-state index in [1.807, 2.05) is 0 Å². The molecule has 1 heterocycles. The number of benzene rings is 1. The van der Waals surface area contributed by atoms with E-state index >= 15 is 0 Å². The molecular weight excluding hydrogens is 352 g/mol. The molecule has 0 aliphatic heterocycles. The number of unbranched alkanes of at least 4 members (excludes halogenated alkanes) is 3. The lowest BCUT2D eigenvalue weighted by Gasteiger charge is -2.37. The Morgan fingerprint density at radius 3 is 2.59 bits per heavy atom. The maximum atomic E-state index is 5.69. The predicted molar refractivity (Wildman–Crippen MR) is 116 cm³/mol. The Balaban J connectivity index is 1.71. The molecule has 0 amide bonds. The van der Waals surface area contributed by atoms with E-state index in [9.17, 15) is 0 Å². The Morgan fingerprint density at radius 2 is 1.89 bits per heavy atom. The molecule has 1 aromatic heterocycles. The number of aromatic nitrogens is 2. The van der Waals surface area contributed by atoms with Crippen LogP contribution < -0.4 is 11.1 Å². The van der Waals surface area contributed by atoms with Crippen molar-refractivity contribution in [2.45, 2.75) is 62.3 Å². The van der Waals surface area contributed by atoms with Crippen molar-refractivity contribution in [3.8, 4) is 0 Å². The largest absolute Gasteiger partial charge is 0.354 e. The highest BCUT2D eigenvalue weighted by Gasteiger charge is 2.34. The molecular formula is C22H32N4S. The van der Waals surface area contributed by atoms with Gasteiger partial charge >= 0.3 is 0 Å². The molecule has 1 saturated carbocycles. The van der Waals surface area contributed by atoms with Crippen molar-refractivity contribution >= 4 is 17.7 Å². The van der Waals surface area contributed by atoms with Gasteiger partial charge in [-0.25, -0.2) is 9.97 Å². The van der Waals surface area contributed by atoms with Crippen molar-refractivity contribution in [1.82, 2.24) is 9.97 Å². The summed E-state index contributed by atoms with van der Waals surface area (Å²) < 4.78 is 0. The minimum absolute atomic E-state index is 0.494. The van der Waals surface area contributed by atoms with Gasteiger partial charge in [-0.05, 0) is 36.8 Å². The van der Waals surface area contributed by atoms with Crippen LogP contribution in [0.2, 0.25) is 0 Å². The van der Waals surface area contributed by atoms with Gasteiger partial charge in [0.25, 0.3) is 0 Å². The fourth-order valence-electron chi connectivity index (χ4n) is 3.65. The fraction of sp³-hybridized carbons (Fsp3) is 0.545. The van der Waals surface area contributed by atoms with Crippen LogP contribution in [0.15, 0.2) is 41.4 Å². The molecule has 0 bridgehead atoms. The Kier molecular flexibility index (Phi) is 7.96. The van der Waals surface area contributed by atoms with Gasteiger partial charge in [0.2, 0.25) is 5.95 Å². The molecule has 0 radical (unpaired) electrons. The average Bonchev–Trinajstić information content (AvgIpc) is 2.66. The van der Waals surface area contributed by atoms with Gasteiger partial charge in [0.05, 0.1) is 5.69 Å². The summed E-state index contributed by atoms with van der Waals surface area (Å²) in [6, 6.07) is 13.0. The van der Waals surface area contributed by atoms with Crippen LogP contribution in [-0.2, 0) is 0 Å². The summed E-state index contributed by atoms with van der Waals surface area (Å²) in [5.74, 6) is 2.74. The number of nitrogens with two attached hydrogens (primary N) is 1. The number of anilines is 1. The second-order valence-corrected chi connectivity index (χ2v) is 8.40. The average molecular weight is 385 g/mol. The van der Waals surface area contributed by atoms with Crippen molar-refractivity contribution in [3.63, 3.8) is 0 Å². The number of nitrogens with one attached hydrogen (secondary N) is 1. The Morgan fingerprint density at radius 1 is 1.07 bits per heavy atom. The van der Waals surface area contributed by atoms with E-state index in [1.54, 1.807) is 11.8 Å². The molecule has 0 spiro atoms. The third-order valence-corrected chi connectivity index (χ3v) is 6.23. The van der Waals surface area contributed by atoms with Crippen LogP contribution in [0.1, 0.15) is 68.5 Å². The first-order valence-electron chi connectivity index (χ1n) is 10.3. The number of thioether (sulfide) groups is 1. The van der Waals surface area contributed by atoms with E-state index in [1.165, 1.54) is 49.8 Å². The molecule has 4 nitrogen and oxygen atoms in total. The Hall–Kier alpha value is -1.59.